The van der Waals surface area contributed by atoms with Crippen molar-refractivity contribution in [2.45, 2.75) is 46.3 Å². The third-order valence-corrected chi connectivity index (χ3v) is 3.93. The van der Waals surface area contributed by atoms with E-state index in [9.17, 15) is 14.7 Å². The van der Waals surface area contributed by atoms with Crippen molar-refractivity contribution in [1.29, 1.82) is 0 Å². The van der Waals surface area contributed by atoms with Crippen molar-refractivity contribution in [3.05, 3.63) is 35.4 Å². The molecular formula is C18H23NO4. The Balaban J connectivity index is 2.30. The minimum atomic E-state index is -0.399. The molecule has 5 heteroatoms. The number of ketones is 1. The second-order valence-corrected chi connectivity index (χ2v) is 6.03. The van der Waals surface area contributed by atoms with Gasteiger partial charge in [0, 0.05) is 11.6 Å². The van der Waals surface area contributed by atoms with Gasteiger partial charge in [-0.25, -0.2) is 0 Å². The molecule has 1 aliphatic rings. The first kappa shape index (κ1) is 17.1. The highest BCUT2D eigenvalue weighted by Gasteiger charge is 2.38. The fourth-order valence-corrected chi connectivity index (χ4v) is 2.49. The quantitative estimate of drug-likeness (QED) is 0.515. The van der Waals surface area contributed by atoms with Gasteiger partial charge >= 0.3 is 0 Å². The van der Waals surface area contributed by atoms with E-state index < -0.39 is 5.91 Å². The number of hydrogen-bond donors (Lipinski definition) is 1. The highest BCUT2D eigenvalue weighted by molar-refractivity contribution is 6.28. The summed E-state index contributed by atoms with van der Waals surface area (Å²) in [5.74, 6) is -0.326. The summed E-state index contributed by atoms with van der Waals surface area (Å²) in [7, 11) is 0. The van der Waals surface area contributed by atoms with Crippen LogP contribution in [0.3, 0.4) is 0 Å². The van der Waals surface area contributed by atoms with Crippen LogP contribution >= 0.6 is 0 Å². The van der Waals surface area contributed by atoms with E-state index in [4.69, 9.17) is 4.74 Å². The number of benzene rings is 1. The maximum absolute atomic E-state index is 12.4. The largest absolute Gasteiger partial charge is 0.506 e. The molecule has 1 saturated heterocycles. The molecule has 0 bridgehead atoms. The smallest absolute Gasteiger partial charge is 0.262 e. The van der Waals surface area contributed by atoms with Crippen molar-refractivity contribution in [3.63, 3.8) is 0 Å². The van der Waals surface area contributed by atoms with Gasteiger partial charge in [-0.2, -0.15) is 0 Å². The molecule has 23 heavy (non-hydrogen) atoms. The van der Waals surface area contributed by atoms with Gasteiger partial charge in [-0.05, 0) is 51.5 Å². The molecule has 1 atom stereocenters. The number of rotatable bonds is 5. The Bertz CT molecular complexity index is 631. The summed E-state index contributed by atoms with van der Waals surface area (Å²) in [6.07, 6.45) is 0.809. The molecule has 1 aromatic carbocycles. The number of Topliss-reactive ketones (excluding diaryl/α,β-unsaturated/α-hetero) is 1. The Labute approximate surface area is 136 Å². The first-order valence-corrected chi connectivity index (χ1v) is 7.89. The van der Waals surface area contributed by atoms with E-state index in [-0.39, 0.29) is 35.8 Å². The molecule has 1 amide bonds. The summed E-state index contributed by atoms with van der Waals surface area (Å²) in [5, 5.41) is 10.4. The zero-order valence-electron chi connectivity index (χ0n) is 14.0. The number of likely N-dealkylation sites (tertiary alicyclic amines) is 1. The first-order valence-electron chi connectivity index (χ1n) is 7.89. The van der Waals surface area contributed by atoms with Crippen LogP contribution in [-0.4, -0.2) is 40.4 Å². The summed E-state index contributed by atoms with van der Waals surface area (Å²) in [4.78, 5) is 26.0. The molecule has 5 nitrogen and oxygen atoms in total. The number of hydrogen-bond acceptors (Lipinski definition) is 4. The van der Waals surface area contributed by atoms with Crippen molar-refractivity contribution >= 4 is 17.4 Å². The molecule has 1 aliphatic heterocycles. The number of carbonyl (C=O) groups excluding carboxylic acids is 2. The van der Waals surface area contributed by atoms with Crippen LogP contribution in [0.15, 0.2) is 29.8 Å². The zero-order valence-corrected chi connectivity index (χ0v) is 14.0. The average molecular weight is 317 g/mol. The van der Waals surface area contributed by atoms with Crippen LogP contribution in [0.4, 0.5) is 0 Å². The standard InChI is InChI=1S/C18H23NO4/c1-5-12(4)19-10-15(20)16(18(19)22)17(21)13-6-8-14(9-7-13)23-11(2)3/h6-9,11-12,21H,5,10H2,1-4H3/b17-16-. The van der Waals surface area contributed by atoms with E-state index in [0.717, 1.165) is 6.42 Å². The van der Waals surface area contributed by atoms with Crippen molar-refractivity contribution < 1.29 is 19.4 Å². The maximum atomic E-state index is 12.4. The average Bonchev–Trinajstić information content (AvgIpc) is 2.81. The molecule has 1 fully saturated rings. The van der Waals surface area contributed by atoms with Crippen LogP contribution in [0.1, 0.15) is 39.7 Å². The summed E-state index contributed by atoms with van der Waals surface area (Å²) in [6, 6.07) is 6.68. The van der Waals surface area contributed by atoms with Crippen LogP contribution in [0.2, 0.25) is 0 Å². The number of aliphatic hydroxyl groups is 1. The van der Waals surface area contributed by atoms with Gasteiger partial charge in [-0.1, -0.05) is 6.92 Å². The second kappa shape index (κ2) is 6.86. The van der Waals surface area contributed by atoms with E-state index in [1.807, 2.05) is 27.7 Å². The van der Waals surface area contributed by atoms with Gasteiger partial charge in [0.15, 0.2) is 5.78 Å². The van der Waals surface area contributed by atoms with Gasteiger partial charge in [-0.3, -0.25) is 9.59 Å². The minimum absolute atomic E-state index is 0.0291. The Kier molecular flexibility index (Phi) is 5.08. The number of amides is 1. The van der Waals surface area contributed by atoms with Gasteiger partial charge in [0.2, 0.25) is 0 Å². The molecule has 2 rings (SSSR count). The lowest BCUT2D eigenvalue weighted by molar-refractivity contribution is -0.126. The molecule has 1 aromatic rings. The lowest BCUT2D eigenvalue weighted by Gasteiger charge is -2.21. The van der Waals surface area contributed by atoms with Crippen LogP contribution in [0, 0.1) is 0 Å². The summed E-state index contributed by atoms with van der Waals surface area (Å²) >= 11 is 0. The third kappa shape index (κ3) is 3.55. The Morgan fingerprint density at radius 1 is 1.22 bits per heavy atom. The minimum Gasteiger partial charge on any atom is -0.506 e. The number of aliphatic hydroxyl groups excluding tert-OH is 1. The molecule has 1 heterocycles. The Hall–Kier alpha value is -2.30. The Morgan fingerprint density at radius 3 is 2.35 bits per heavy atom. The van der Waals surface area contributed by atoms with Crippen LogP contribution in [-0.2, 0) is 9.59 Å². The molecule has 0 radical (unpaired) electrons. The summed E-state index contributed by atoms with van der Waals surface area (Å²) in [6.45, 7) is 7.72. The molecule has 0 aliphatic carbocycles. The van der Waals surface area contributed by atoms with Crippen LogP contribution < -0.4 is 4.74 Å². The normalized spacial score (nSPS) is 18.6. The lowest BCUT2D eigenvalue weighted by Crippen LogP contribution is -2.34. The topological polar surface area (TPSA) is 66.8 Å². The van der Waals surface area contributed by atoms with E-state index in [0.29, 0.717) is 11.3 Å². The molecule has 0 aromatic heterocycles. The summed E-state index contributed by atoms with van der Waals surface area (Å²) in [5.41, 5.74) is 0.312. The highest BCUT2D eigenvalue weighted by atomic mass is 16.5. The predicted octanol–water partition coefficient (Wildman–Crippen LogP) is 2.95. The van der Waals surface area contributed by atoms with Crippen LogP contribution in [0.5, 0.6) is 5.75 Å². The lowest BCUT2D eigenvalue weighted by atomic mass is 10.1. The van der Waals surface area contributed by atoms with Gasteiger partial charge in [0.1, 0.15) is 17.1 Å². The Morgan fingerprint density at radius 2 is 1.83 bits per heavy atom. The maximum Gasteiger partial charge on any atom is 0.262 e. The van der Waals surface area contributed by atoms with Crippen molar-refractivity contribution in [1.82, 2.24) is 4.90 Å². The van der Waals surface area contributed by atoms with E-state index in [1.165, 1.54) is 4.90 Å². The van der Waals surface area contributed by atoms with Crippen LogP contribution in [0.25, 0.3) is 5.76 Å². The monoisotopic (exact) mass is 317 g/mol. The fraction of sp³-hybridized carbons (Fsp3) is 0.444. The highest BCUT2D eigenvalue weighted by Crippen LogP contribution is 2.26. The molecule has 0 spiro atoms. The van der Waals surface area contributed by atoms with E-state index in [2.05, 4.69) is 0 Å². The van der Waals surface area contributed by atoms with Gasteiger partial charge in [0.25, 0.3) is 5.91 Å². The molecule has 1 unspecified atom stereocenters. The molecular weight excluding hydrogens is 294 g/mol. The SMILES string of the molecule is CCC(C)N1CC(=O)/C(=C(/O)c2ccc(OC(C)C)cc2)C1=O. The first-order chi connectivity index (χ1) is 10.8. The molecule has 124 valence electrons. The van der Waals surface area contributed by atoms with E-state index in [1.54, 1.807) is 24.3 Å². The van der Waals surface area contributed by atoms with Crippen molar-refractivity contribution in [3.8, 4) is 5.75 Å². The summed E-state index contributed by atoms with van der Waals surface area (Å²) < 4.78 is 5.54. The predicted molar refractivity (Wildman–Crippen MR) is 88.2 cm³/mol. The number of ether oxygens (including phenoxy) is 1. The van der Waals surface area contributed by atoms with Gasteiger partial charge < -0.3 is 14.7 Å². The third-order valence-electron chi connectivity index (χ3n) is 3.93. The number of carbonyl (C=O) groups is 2. The van der Waals surface area contributed by atoms with Crippen molar-refractivity contribution in [2.24, 2.45) is 0 Å². The second-order valence-electron chi connectivity index (χ2n) is 6.03. The fourth-order valence-electron chi connectivity index (χ4n) is 2.49. The van der Waals surface area contributed by atoms with E-state index >= 15 is 0 Å². The zero-order chi connectivity index (χ0) is 17.1. The van der Waals surface area contributed by atoms with Crippen molar-refractivity contribution in [2.75, 3.05) is 6.54 Å². The number of nitrogens with zero attached hydrogens (tertiary/aromatic N) is 1. The molecule has 1 N–H and O–H groups in total. The molecule has 0 saturated carbocycles. The van der Waals surface area contributed by atoms with Gasteiger partial charge in [-0.15, -0.1) is 0 Å². The van der Waals surface area contributed by atoms with Gasteiger partial charge in [0.05, 0.1) is 12.6 Å².